The van der Waals surface area contributed by atoms with E-state index in [1.54, 1.807) is 6.07 Å². The van der Waals surface area contributed by atoms with Crippen molar-refractivity contribution in [2.45, 2.75) is 6.92 Å². The van der Waals surface area contributed by atoms with Gasteiger partial charge in [0.05, 0.1) is 5.02 Å². The summed E-state index contributed by atoms with van der Waals surface area (Å²) in [4.78, 5) is 10.9. The number of carbonyl (C=O) groups is 1. The molecule has 0 aromatic heterocycles. The molecule has 0 bridgehead atoms. The molecule has 17 heavy (non-hydrogen) atoms. The molecule has 0 amide bonds. The number of carbonyl (C=O) groups excluding carboxylic acids is 1. The number of benzene rings is 2. The highest BCUT2D eigenvalue weighted by Gasteiger charge is 2.10. The third kappa shape index (κ3) is 2.28. The Balaban J connectivity index is 2.69. The molecule has 0 radical (unpaired) electrons. The summed E-state index contributed by atoms with van der Waals surface area (Å²) in [6.45, 7) is 1.93. The van der Waals surface area contributed by atoms with Gasteiger partial charge in [-0.2, -0.15) is 0 Å². The quantitative estimate of drug-likeness (QED) is 0.722. The summed E-state index contributed by atoms with van der Waals surface area (Å²) in [7, 11) is 0. The predicted molar refractivity (Wildman–Crippen MR) is 74.7 cm³/mol. The van der Waals surface area contributed by atoms with Crippen LogP contribution in [0.15, 0.2) is 40.9 Å². The Morgan fingerprint density at radius 2 is 1.76 bits per heavy atom. The van der Waals surface area contributed by atoms with Gasteiger partial charge in [0.25, 0.3) is 0 Å². The minimum Gasteiger partial charge on any atom is -0.298 e. The van der Waals surface area contributed by atoms with E-state index in [4.69, 9.17) is 11.6 Å². The molecule has 0 unspecified atom stereocenters. The second kappa shape index (κ2) is 5.03. The molecule has 0 spiro atoms. The maximum atomic E-state index is 10.9. The molecule has 2 rings (SSSR count). The van der Waals surface area contributed by atoms with E-state index in [0.29, 0.717) is 10.6 Å². The van der Waals surface area contributed by atoms with Crippen LogP contribution in [0.4, 0.5) is 0 Å². The van der Waals surface area contributed by atoms with Crippen molar-refractivity contribution < 1.29 is 4.79 Å². The van der Waals surface area contributed by atoms with Crippen LogP contribution in [0, 0.1) is 6.92 Å². The predicted octanol–water partition coefficient (Wildman–Crippen LogP) is 4.89. The van der Waals surface area contributed by atoms with Crippen LogP contribution in [0.3, 0.4) is 0 Å². The lowest BCUT2D eigenvalue weighted by atomic mass is 9.97. The Morgan fingerprint density at radius 3 is 2.47 bits per heavy atom. The van der Waals surface area contributed by atoms with Crippen LogP contribution in [0.2, 0.25) is 5.02 Å². The topological polar surface area (TPSA) is 17.1 Å². The maximum Gasteiger partial charge on any atom is 0.150 e. The van der Waals surface area contributed by atoms with E-state index in [9.17, 15) is 4.79 Å². The summed E-state index contributed by atoms with van der Waals surface area (Å²) in [5, 5.41) is 0.665. The third-order valence-corrected chi connectivity index (χ3v) is 4.04. The zero-order valence-corrected chi connectivity index (χ0v) is 11.5. The average Bonchev–Trinajstić information content (AvgIpc) is 2.33. The molecule has 0 aliphatic carbocycles. The van der Waals surface area contributed by atoms with Crippen molar-refractivity contribution in [1.82, 2.24) is 0 Å². The monoisotopic (exact) mass is 308 g/mol. The van der Waals surface area contributed by atoms with E-state index in [1.165, 1.54) is 0 Å². The van der Waals surface area contributed by atoms with Crippen LogP contribution in [-0.4, -0.2) is 6.29 Å². The highest BCUT2D eigenvalue weighted by atomic mass is 79.9. The molecule has 0 heterocycles. The first-order valence-corrected chi connectivity index (χ1v) is 6.31. The molecular weight excluding hydrogens is 300 g/mol. The van der Waals surface area contributed by atoms with E-state index in [0.717, 1.165) is 27.4 Å². The smallest absolute Gasteiger partial charge is 0.150 e. The molecule has 0 saturated heterocycles. The number of halogens is 2. The van der Waals surface area contributed by atoms with Gasteiger partial charge in [-0.15, -0.1) is 0 Å². The molecule has 2 aromatic rings. The molecular formula is C14H10BrClO. The number of hydrogen-bond acceptors (Lipinski definition) is 1. The third-order valence-electron chi connectivity index (χ3n) is 2.74. The van der Waals surface area contributed by atoms with E-state index in [1.807, 2.05) is 37.3 Å². The fourth-order valence-electron chi connectivity index (χ4n) is 1.78. The van der Waals surface area contributed by atoms with Crippen molar-refractivity contribution in [2.75, 3.05) is 0 Å². The normalized spacial score (nSPS) is 10.3. The summed E-state index contributed by atoms with van der Waals surface area (Å²) in [5.41, 5.74) is 3.56. The van der Waals surface area contributed by atoms with E-state index in [2.05, 4.69) is 15.9 Å². The second-order valence-corrected chi connectivity index (χ2v) is 4.97. The van der Waals surface area contributed by atoms with Crippen molar-refractivity contribution in [1.29, 1.82) is 0 Å². The lowest BCUT2D eigenvalue weighted by molar-refractivity contribution is 0.112. The van der Waals surface area contributed by atoms with Gasteiger partial charge in [-0.05, 0) is 40.0 Å². The highest BCUT2D eigenvalue weighted by Crippen LogP contribution is 2.35. The van der Waals surface area contributed by atoms with Gasteiger partial charge < -0.3 is 0 Å². The number of aldehydes is 1. The first kappa shape index (κ1) is 12.3. The van der Waals surface area contributed by atoms with Gasteiger partial charge in [-0.1, -0.05) is 41.9 Å². The van der Waals surface area contributed by atoms with Crippen LogP contribution in [0.25, 0.3) is 11.1 Å². The second-order valence-electron chi connectivity index (χ2n) is 3.74. The summed E-state index contributed by atoms with van der Waals surface area (Å²) < 4.78 is 0.854. The van der Waals surface area contributed by atoms with Crippen LogP contribution in [0.1, 0.15) is 15.9 Å². The highest BCUT2D eigenvalue weighted by molar-refractivity contribution is 9.10. The molecule has 0 saturated carbocycles. The molecule has 1 nitrogen and oxygen atoms in total. The largest absolute Gasteiger partial charge is 0.298 e. The molecule has 2 aromatic carbocycles. The molecule has 3 heteroatoms. The van der Waals surface area contributed by atoms with Gasteiger partial charge in [-0.25, -0.2) is 0 Å². The van der Waals surface area contributed by atoms with Crippen molar-refractivity contribution in [3.63, 3.8) is 0 Å². The maximum absolute atomic E-state index is 10.9. The molecule has 0 aliphatic rings. The summed E-state index contributed by atoms with van der Waals surface area (Å²) in [5.74, 6) is 0. The SMILES string of the molecule is Cc1c(C=O)cccc1-c1cccc(Br)c1Cl. The first-order chi connectivity index (χ1) is 8.15. The van der Waals surface area contributed by atoms with Crippen LogP contribution < -0.4 is 0 Å². The van der Waals surface area contributed by atoms with Gasteiger partial charge >= 0.3 is 0 Å². The minimum absolute atomic E-state index is 0.665. The van der Waals surface area contributed by atoms with Gasteiger partial charge in [-0.3, -0.25) is 4.79 Å². The van der Waals surface area contributed by atoms with Crippen molar-refractivity contribution >= 4 is 33.8 Å². The fraction of sp³-hybridized carbons (Fsp3) is 0.0714. The van der Waals surface area contributed by atoms with Gasteiger partial charge in [0, 0.05) is 15.6 Å². The Kier molecular flexibility index (Phi) is 3.65. The lowest BCUT2D eigenvalue weighted by Crippen LogP contribution is -1.91. The molecule has 0 atom stereocenters. The fourth-order valence-corrected chi connectivity index (χ4v) is 2.38. The van der Waals surface area contributed by atoms with Crippen LogP contribution >= 0.6 is 27.5 Å². The summed E-state index contributed by atoms with van der Waals surface area (Å²) in [6, 6.07) is 11.4. The van der Waals surface area contributed by atoms with Gasteiger partial charge in [0.15, 0.2) is 0 Å². The van der Waals surface area contributed by atoms with Gasteiger partial charge in [0.2, 0.25) is 0 Å². The van der Waals surface area contributed by atoms with Crippen LogP contribution in [-0.2, 0) is 0 Å². The number of rotatable bonds is 2. The molecule has 0 N–H and O–H groups in total. The average molecular weight is 310 g/mol. The van der Waals surface area contributed by atoms with Crippen LogP contribution in [0.5, 0.6) is 0 Å². The van der Waals surface area contributed by atoms with Crippen molar-refractivity contribution in [3.8, 4) is 11.1 Å². The Hall–Kier alpha value is -1.12. The zero-order valence-electron chi connectivity index (χ0n) is 9.21. The Morgan fingerprint density at radius 1 is 1.12 bits per heavy atom. The molecule has 0 aliphatic heterocycles. The van der Waals surface area contributed by atoms with E-state index >= 15 is 0 Å². The molecule has 86 valence electrons. The number of hydrogen-bond donors (Lipinski definition) is 0. The van der Waals surface area contributed by atoms with E-state index < -0.39 is 0 Å². The standard InChI is InChI=1S/C14H10BrClO/c1-9-10(8-17)4-2-5-11(9)12-6-3-7-13(15)14(12)16/h2-8H,1H3. The van der Waals surface area contributed by atoms with Crippen molar-refractivity contribution in [2.24, 2.45) is 0 Å². The minimum atomic E-state index is 0.665. The summed E-state index contributed by atoms with van der Waals surface area (Å²) in [6.07, 6.45) is 0.866. The molecule has 0 fully saturated rings. The van der Waals surface area contributed by atoms with Crippen molar-refractivity contribution in [3.05, 3.63) is 57.0 Å². The first-order valence-electron chi connectivity index (χ1n) is 5.14. The zero-order chi connectivity index (χ0) is 12.4. The summed E-state index contributed by atoms with van der Waals surface area (Å²) >= 11 is 9.66. The Labute approximate surface area is 114 Å². The van der Waals surface area contributed by atoms with Gasteiger partial charge in [0.1, 0.15) is 6.29 Å². The lowest BCUT2D eigenvalue weighted by Gasteiger charge is -2.10. The Bertz CT molecular complexity index is 578. The van der Waals surface area contributed by atoms with E-state index in [-0.39, 0.29) is 0 Å².